The summed E-state index contributed by atoms with van der Waals surface area (Å²) in [5, 5.41) is 6.48. The lowest BCUT2D eigenvalue weighted by molar-refractivity contribution is 0.130. The molecule has 0 spiro atoms. The summed E-state index contributed by atoms with van der Waals surface area (Å²) in [5.74, 6) is 2.29. The smallest absolute Gasteiger partial charge is 0.213 e. The maximum atomic E-state index is 11.4. The third-order valence-corrected chi connectivity index (χ3v) is 6.10. The van der Waals surface area contributed by atoms with Gasteiger partial charge in [-0.3, -0.25) is 0 Å². The lowest BCUT2D eigenvalue weighted by atomic mass is 9.89. The average Bonchev–Trinajstić information content (AvgIpc) is 2.66. The van der Waals surface area contributed by atoms with Gasteiger partial charge in [-0.05, 0) is 63.5 Å². The normalized spacial score (nSPS) is 20.7. The summed E-state index contributed by atoms with van der Waals surface area (Å²) in [6, 6.07) is 3.90. The molecule has 1 aromatic rings. The molecule has 0 aliphatic heterocycles. The largest absolute Gasteiger partial charge is 0.474 e. The van der Waals surface area contributed by atoms with E-state index in [-0.39, 0.29) is 41.9 Å². The van der Waals surface area contributed by atoms with E-state index >= 15 is 0 Å². The highest BCUT2D eigenvalue weighted by Gasteiger charge is 2.20. The fraction of sp³-hybridized carbons (Fsp3) is 0.714. The van der Waals surface area contributed by atoms with Crippen LogP contribution in [0.5, 0.6) is 5.88 Å². The number of hydrogen-bond donors (Lipinski definition) is 2. The quantitative estimate of drug-likeness (QED) is 0.277. The van der Waals surface area contributed by atoms with Crippen LogP contribution in [0.15, 0.2) is 23.3 Å². The molecule has 0 aromatic carbocycles. The predicted molar refractivity (Wildman–Crippen MR) is 133 cm³/mol. The molecule has 0 saturated heterocycles. The Morgan fingerprint density at radius 1 is 1.33 bits per heavy atom. The summed E-state index contributed by atoms with van der Waals surface area (Å²) < 4.78 is 28.8. The summed E-state index contributed by atoms with van der Waals surface area (Å²) in [6.45, 7) is 7.48. The first kappa shape index (κ1) is 26.9. The van der Waals surface area contributed by atoms with E-state index in [1.807, 2.05) is 26.0 Å². The number of nitrogens with one attached hydrogen (secondary N) is 2. The molecule has 1 heterocycles. The lowest BCUT2D eigenvalue weighted by Gasteiger charge is -2.26. The van der Waals surface area contributed by atoms with Gasteiger partial charge in [-0.1, -0.05) is 6.92 Å². The third kappa shape index (κ3) is 10.8. The Balaban J connectivity index is 0.00000450. The lowest BCUT2D eigenvalue weighted by Crippen LogP contribution is -2.42. The van der Waals surface area contributed by atoms with E-state index in [1.54, 1.807) is 6.20 Å². The SMILES string of the molecule is CCNC(=NCc1ccnc(OC2CCC(C)CC2)c1)NC(C)CCS(C)(=O)=O.I. The van der Waals surface area contributed by atoms with Crippen molar-refractivity contribution >= 4 is 39.8 Å². The summed E-state index contributed by atoms with van der Waals surface area (Å²) in [4.78, 5) is 8.98. The standard InChI is InChI=1S/C21H36N4O3S.HI/c1-5-22-21(25-17(3)11-13-29(4,26)27)24-15-18-10-12-23-20(14-18)28-19-8-6-16(2)7-9-19;/h10,12,14,16-17,19H,5-9,11,13,15H2,1-4H3,(H2,22,24,25);1H. The van der Waals surface area contributed by atoms with E-state index in [0.717, 1.165) is 30.9 Å². The first-order valence-corrected chi connectivity index (χ1v) is 12.7. The topological polar surface area (TPSA) is 92.7 Å². The van der Waals surface area contributed by atoms with Crippen molar-refractivity contribution in [1.82, 2.24) is 15.6 Å². The number of hydrogen-bond acceptors (Lipinski definition) is 5. The first-order chi connectivity index (χ1) is 13.7. The van der Waals surface area contributed by atoms with Gasteiger partial charge >= 0.3 is 0 Å². The molecule has 1 aliphatic rings. The molecular formula is C21H37IN4O3S. The molecule has 1 unspecified atom stereocenters. The number of halogens is 1. The molecule has 0 amide bonds. The number of rotatable bonds is 9. The molecule has 1 aliphatic carbocycles. The van der Waals surface area contributed by atoms with E-state index in [0.29, 0.717) is 24.8 Å². The molecule has 30 heavy (non-hydrogen) atoms. The van der Waals surface area contributed by atoms with Gasteiger partial charge in [0.1, 0.15) is 15.9 Å². The van der Waals surface area contributed by atoms with Crippen molar-refractivity contribution in [1.29, 1.82) is 0 Å². The van der Waals surface area contributed by atoms with Crippen molar-refractivity contribution in [2.75, 3.05) is 18.6 Å². The molecule has 0 radical (unpaired) electrons. The maximum absolute atomic E-state index is 11.4. The molecule has 0 bridgehead atoms. The van der Waals surface area contributed by atoms with Crippen molar-refractivity contribution in [2.45, 2.75) is 71.6 Å². The van der Waals surface area contributed by atoms with Crippen LogP contribution in [0.3, 0.4) is 0 Å². The summed E-state index contributed by atoms with van der Waals surface area (Å²) in [5.41, 5.74) is 1.03. The van der Waals surface area contributed by atoms with Crippen LogP contribution >= 0.6 is 24.0 Å². The van der Waals surface area contributed by atoms with Crippen molar-refractivity contribution in [3.8, 4) is 5.88 Å². The van der Waals surface area contributed by atoms with Crippen LogP contribution in [0.1, 0.15) is 58.4 Å². The van der Waals surface area contributed by atoms with Gasteiger partial charge < -0.3 is 15.4 Å². The van der Waals surface area contributed by atoms with Crippen molar-refractivity contribution in [3.63, 3.8) is 0 Å². The molecule has 1 atom stereocenters. The van der Waals surface area contributed by atoms with Gasteiger partial charge in [-0.15, -0.1) is 24.0 Å². The zero-order valence-corrected chi connectivity index (χ0v) is 21.7. The van der Waals surface area contributed by atoms with Gasteiger partial charge in [0.15, 0.2) is 5.96 Å². The van der Waals surface area contributed by atoms with Crippen molar-refractivity contribution < 1.29 is 13.2 Å². The molecular weight excluding hydrogens is 515 g/mol. The van der Waals surface area contributed by atoms with Gasteiger partial charge in [-0.2, -0.15) is 0 Å². The number of sulfone groups is 1. The molecule has 1 aromatic heterocycles. The monoisotopic (exact) mass is 552 g/mol. The van der Waals surface area contributed by atoms with Gasteiger partial charge in [0, 0.05) is 31.1 Å². The minimum atomic E-state index is -2.96. The first-order valence-electron chi connectivity index (χ1n) is 10.6. The molecule has 1 fully saturated rings. The van der Waals surface area contributed by atoms with E-state index in [2.05, 4.69) is 27.5 Å². The van der Waals surface area contributed by atoms with Crippen molar-refractivity contribution in [2.24, 2.45) is 10.9 Å². The summed E-state index contributed by atoms with van der Waals surface area (Å²) in [6.07, 6.45) is 8.42. The zero-order chi connectivity index (χ0) is 21.3. The zero-order valence-electron chi connectivity index (χ0n) is 18.6. The number of nitrogens with zero attached hydrogens (tertiary/aromatic N) is 2. The number of guanidine groups is 1. The molecule has 7 nitrogen and oxygen atoms in total. The van der Waals surface area contributed by atoms with E-state index < -0.39 is 9.84 Å². The average molecular weight is 553 g/mol. The number of aliphatic imine (C=N–C) groups is 1. The Kier molecular flexibility index (Phi) is 12.0. The minimum absolute atomic E-state index is 0. The fourth-order valence-corrected chi connectivity index (χ4v) is 4.10. The molecule has 1 saturated carbocycles. The molecule has 9 heteroatoms. The van der Waals surface area contributed by atoms with E-state index in [4.69, 9.17) is 4.74 Å². The second-order valence-corrected chi connectivity index (χ2v) is 10.4. The molecule has 172 valence electrons. The highest BCUT2D eigenvalue weighted by atomic mass is 127. The Labute approximate surface area is 198 Å². The highest BCUT2D eigenvalue weighted by Crippen LogP contribution is 2.26. The molecule has 2 rings (SSSR count). The van der Waals surface area contributed by atoms with Gasteiger partial charge in [0.25, 0.3) is 0 Å². The van der Waals surface area contributed by atoms with Crippen LogP contribution in [0.25, 0.3) is 0 Å². The van der Waals surface area contributed by atoms with Crippen molar-refractivity contribution in [3.05, 3.63) is 23.9 Å². The van der Waals surface area contributed by atoms with E-state index in [1.165, 1.54) is 19.1 Å². The number of pyridine rings is 1. The third-order valence-electron chi connectivity index (χ3n) is 5.12. The Morgan fingerprint density at radius 3 is 2.67 bits per heavy atom. The Hall–Kier alpha value is -1.10. The number of aromatic nitrogens is 1. The summed E-state index contributed by atoms with van der Waals surface area (Å²) >= 11 is 0. The van der Waals surface area contributed by atoms with Crippen LogP contribution in [0, 0.1) is 5.92 Å². The highest BCUT2D eigenvalue weighted by molar-refractivity contribution is 14.0. The number of ether oxygens (including phenoxy) is 1. The predicted octanol–water partition coefficient (Wildman–Crippen LogP) is 3.54. The van der Waals surface area contributed by atoms with Crippen LogP contribution in [0.2, 0.25) is 0 Å². The van der Waals surface area contributed by atoms with Gasteiger partial charge in [-0.25, -0.2) is 18.4 Å². The second-order valence-electron chi connectivity index (χ2n) is 8.16. The van der Waals surface area contributed by atoms with E-state index in [9.17, 15) is 8.42 Å². The second kappa shape index (κ2) is 13.3. The van der Waals surface area contributed by atoms with Gasteiger partial charge in [0.05, 0.1) is 12.3 Å². The summed E-state index contributed by atoms with van der Waals surface area (Å²) in [7, 11) is -2.96. The van der Waals surface area contributed by atoms with Crippen LogP contribution < -0.4 is 15.4 Å². The van der Waals surface area contributed by atoms with Crippen LogP contribution in [0.4, 0.5) is 0 Å². The maximum Gasteiger partial charge on any atom is 0.213 e. The van der Waals surface area contributed by atoms with Crippen LogP contribution in [-0.4, -0.2) is 50.1 Å². The molecule has 2 N–H and O–H groups in total. The Morgan fingerprint density at radius 2 is 2.03 bits per heavy atom. The minimum Gasteiger partial charge on any atom is -0.474 e. The Bertz CT molecular complexity index is 765. The fourth-order valence-electron chi connectivity index (χ4n) is 3.32. The van der Waals surface area contributed by atoms with Crippen LogP contribution in [-0.2, 0) is 16.4 Å². The van der Waals surface area contributed by atoms with Gasteiger partial charge in [0.2, 0.25) is 5.88 Å².